The molecule has 0 saturated heterocycles. The standard InChI is InChI=1S/C12H20N6O3/c1-6(7(2)20)9(21-4-3-19)8-5-15-11-10(13)16-12(14)17-18(8)11/h5-7,9,19-20H,3-4H2,1-2H3,(H4,13,14,16,17)/t6-,7+,9+/m0/s1. The third-order valence-corrected chi connectivity index (χ3v) is 3.35. The van der Waals surface area contributed by atoms with E-state index in [9.17, 15) is 5.11 Å². The van der Waals surface area contributed by atoms with E-state index in [0.29, 0.717) is 11.3 Å². The van der Waals surface area contributed by atoms with Crippen LogP contribution < -0.4 is 11.5 Å². The van der Waals surface area contributed by atoms with Crippen molar-refractivity contribution < 1.29 is 14.9 Å². The second kappa shape index (κ2) is 6.20. The molecule has 0 amide bonds. The number of imidazole rings is 1. The largest absolute Gasteiger partial charge is 0.394 e. The lowest BCUT2D eigenvalue weighted by Gasteiger charge is -2.25. The number of anilines is 2. The van der Waals surface area contributed by atoms with Gasteiger partial charge in [-0.1, -0.05) is 6.92 Å². The molecule has 0 aliphatic heterocycles. The monoisotopic (exact) mass is 296 g/mol. The Morgan fingerprint density at radius 3 is 2.71 bits per heavy atom. The molecule has 2 heterocycles. The Bertz CT molecular complexity index is 614. The first-order valence-corrected chi connectivity index (χ1v) is 6.62. The van der Waals surface area contributed by atoms with Gasteiger partial charge >= 0.3 is 0 Å². The van der Waals surface area contributed by atoms with Gasteiger partial charge in [0.2, 0.25) is 5.95 Å². The maximum absolute atomic E-state index is 9.82. The van der Waals surface area contributed by atoms with Crippen molar-refractivity contribution in [3.05, 3.63) is 11.9 Å². The van der Waals surface area contributed by atoms with Gasteiger partial charge in [0.25, 0.3) is 0 Å². The van der Waals surface area contributed by atoms with Crippen molar-refractivity contribution in [2.45, 2.75) is 26.1 Å². The van der Waals surface area contributed by atoms with E-state index in [2.05, 4.69) is 15.1 Å². The summed E-state index contributed by atoms with van der Waals surface area (Å²) in [5, 5.41) is 22.9. The summed E-state index contributed by atoms with van der Waals surface area (Å²) in [6.07, 6.45) is 0.428. The molecule has 0 aliphatic carbocycles. The lowest BCUT2D eigenvalue weighted by Crippen LogP contribution is -2.26. The fourth-order valence-corrected chi connectivity index (χ4v) is 2.07. The minimum atomic E-state index is -0.615. The quantitative estimate of drug-likeness (QED) is 0.550. The number of fused-ring (bicyclic) bond motifs is 1. The molecule has 116 valence electrons. The summed E-state index contributed by atoms with van der Waals surface area (Å²) in [7, 11) is 0. The molecular formula is C12H20N6O3. The number of ether oxygens (including phenoxy) is 1. The smallest absolute Gasteiger partial charge is 0.240 e. The lowest BCUT2D eigenvalue weighted by atomic mass is 9.97. The molecule has 0 unspecified atom stereocenters. The highest BCUT2D eigenvalue weighted by atomic mass is 16.5. The van der Waals surface area contributed by atoms with Crippen LogP contribution in [0.25, 0.3) is 5.65 Å². The number of nitrogens with zero attached hydrogens (tertiary/aromatic N) is 4. The molecule has 0 saturated carbocycles. The molecule has 0 radical (unpaired) electrons. The molecule has 0 spiro atoms. The Kier molecular flexibility index (Phi) is 4.56. The molecule has 0 fully saturated rings. The maximum atomic E-state index is 9.82. The van der Waals surface area contributed by atoms with Crippen molar-refractivity contribution in [1.82, 2.24) is 19.6 Å². The number of aliphatic hydroxyl groups is 2. The number of nitrogens with two attached hydrogens (primary N) is 2. The number of hydrogen-bond donors (Lipinski definition) is 4. The molecule has 9 heteroatoms. The second-order valence-corrected chi connectivity index (χ2v) is 4.89. The van der Waals surface area contributed by atoms with E-state index in [1.54, 1.807) is 13.1 Å². The topological polar surface area (TPSA) is 145 Å². The van der Waals surface area contributed by atoms with Gasteiger partial charge in [0, 0.05) is 5.92 Å². The van der Waals surface area contributed by atoms with Crippen molar-refractivity contribution in [2.24, 2.45) is 5.92 Å². The summed E-state index contributed by atoms with van der Waals surface area (Å²) in [4.78, 5) is 8.01. The molecule has 3 atom stereocenters. The predicted molar refractivity (Wildman–Crippen MR) is 76.2 cm³/mol. The average molecular weight is 296 g/mol. The zero-order valence-corrected chi connectivity index (χ0v) is 12.0. The highest BCUT2D eigenvalue weighted by Crippen LogP contribution is 2.29. The lowest BCUT2D eigenvalue weighted by molar-refractivity contribution is -0.0405. The van der Waals surface area contributed by atoms with Crippen LogP contribution in [0.2, 0.25) is 0 Å². The average Bonchev–Trinajstić information content (AvgIpc) is 2.83. The summed E-state index contributed by atoms with van der Waals surface area (Å²) in [5.41, 5.74) is 12.3. The van der Waals surface area contributed by atoms with Crippen LogP contribution in [0, 0.1) is 5.92 Å². The summed E-state index contributed by atoms with van der Waals surface area (Å²) < 4.78 is 7.09. The first kappa shape index (κ1) is 15.4. The molecular weight excluding hydrogens is 276 g/mol. The van der Waals surface area contributed by atoms with Gasteiger partial charge in [-0.15, -0.1) is 5.10 Å². The fourth-order valence-electron chi connectivity index (χ4n) is 2.07. The van der Waals surface area contributed by atoms with Crippen LogP contribution in [-0.4, -0.2) is 49.1 Å². The molecule has 2 aromatic heterocycles. The van der Waals surface area contributed by atoms with Crippen molar-refractivity contribution in [3.8, 4) is 0 Å². The molecule has 2 rings (SSSR count). The van der Waals surface area contributed by atoms with Crippen molar-refractivity contribution in [1.29, 1.82) is 0 Å². The summed E-state index contributed by atoms with van der Waals surface area (Å²) >= 11 is 0. The maximum Gasteiger partial charge on any atom is 0.240 e. The van der Waals surface area contributed by atoms with E-state index in [1.165, 1.54) is 4.52 Å². The minimum absolute atomic E-state index is 0.0184. The third kappa shape index (κ3) is 3.04. The van der Waals surface area contributed by atoms with E-state index >= 15 is 0 Å². The van der Waals surface area contributed by atoms with Crippen molar-refractivity contribution in [3.63, 3.8) is 0 Å². The van der Waals surface area contributed by atoms with Crippen LogP contribution in [0.3, 0.4) is 0 Å². The Morgan fingerprint density at radius 2 is 2.10 bits per heavy atom. The normalized spacial score (nSPS) is 16.0. The molecule has 0 aliphatic rings. The molecule has 0 aromatic carbocycles. The Balaban J connectivity index is 2.49. The van der Waals surface area contributed by atoms with Gasteiger partial charge in [0.1, 0.15) is 6.10 Å². The van der Waals surface area contributed by atoms with E-state index in [1.807, 2.05) is 6.92 Å². The molecule has 0 bridgehead atoms. The minimum Gasteiger partial charge on any atom is -0.394 e. The Morgan fingerprint density at radius 1 is 1.38 bits per heavy atom. The summed E-state index contributed by atoms with van der Waals surface area (Å²) in [6.45, 7) is 3.50. The first-order valence-electron chi connectivity index (χ1n) is 6.62. The van der Waals surface area contributed by atoms with Crippen molar-refractivity contribution in [2.75, 3.05) is 24.7 Å². The number of rotatable bonds is 6. The van der Waals surface area contributed by atoms with E-state index in [0.717, 1.165) is 0 Å². The zero-order chi connectivity index (χ0) is 15.6. The second-order valence-electron chi connectivity index (χ2n) is 4.89. The van der Waals surface area contributed by atoms with Crippen LogP contribution in [0.5, 0.6) is 0 Å². The summed E-state index contributed by atoms with van der Waals surface area (Å²) in [6, 6.07) is 0. The van der Waals surface area contributed by atoms with Crippen LogP contribution in [-0.2, 0) is 4.74 Å². The van der Waals surface area contributed by atoms with Gasteiger partial charge in [-0.3, -0.25) is 0 Å². The highest BCUT2D eigenvalue weighted by molar-refractivity contribution is 5.60. The number of hydrogen-bond acceptors (Lipinski definition) is 8. The van der Waals surface area contributed by atoms with Crippen LogP contribution in [0.15, 0.2) is 6.20 Å². The van der Waals surface area contributed by atoms with Crippen LogP contribution >= 0.6 is 0 Å². The van der Waals surface area contributed by atoms with Gasteiger partial charge in [-0.2, -0.15) is 4.98 Å². The van der Waals surface area contributed by atoms with Crippen LogP contribution in [0.1, 0.15) is 25.6 Å². The summed E-state index contributed by atoms with van der Waals surface area (Å²) in [5.74, 6) is -0.0573. The first-order chi connectivity index (χ1) is 9.95. The SMILES string of the molecule is C[C@@H]([C@@H](C)O)[C@@H](OCCO)c1cnc2c(N)nc(N)nn12. The molecule has 21 heavy (non-hydrogen) atoms. The van der Waals surface area contributed by atoms with E-state index < -0.39 is 12.2 Å². The van der Waals surface area contributed by atoms with Gasteiger partial charge in [-0.25, -0.2) is 9.50 Å². The Labute approximate surface area is 121 Å². The number of aliphatic hydroxyl groups excluding tert-OH is 2. The predicted octanol–water partition coefficient (Wildman–Crippen LogP) is -0.644. The van der Waals surface area contributed by atoms with Crippen LogP contribution in [0.4, 0.5) is 11.8 Å². The Hall–Kier alpha value is -1.97. The third-order valence-electron chi connectivity index (χ3n) is 3.35. The fraction of sp³-hybridized carbons (Fsp3) is 0.583. The molecule has 6 N–H and O–H groups in total. The van der Waals surface area contributed by atoms with E-state index in [4.69, 9.17) is 21.3 Å². The van der Waals surface area contributed by atoms with Gasteiger partial charge in [0.15, 0.2) is 11.5 Å². The number of nitrogen functional groups attached to an aromatic ring is 2. The highest BCUT2D eigenvalue weighted by Gasteiger charge is 2.28. The molecule has 2 aromatic rings. The van der Waals surface area contributed by atoms with Gasteiger partial charge in [0.05, 0.1) is 31.2 Å². The van der Waals surface area contributed by atoms with Crippen molar-refractivity contribution >= 4 is 17.4 Å². The van der Waals surface area contributed by atoms with Gasteiger partial charge in [-0.05, 0) is 6.92 Å². The van der Waals surface area contributed by atoms with Gasteiger partial charge < -0.3 is 26.4 Å². The zero-order valence-electron chi connectivity index (χ0n) is 12.0. The van der Waals surface area contributed by atoms with E-state index in [-0.39, 0.29) is 30.9 Å². The number of aromatic nitrogens is 4. The molecule has 9 nitrogen and oxygen atoms in total.